The van der Waals surface area contributed by atoms with Crippen LogP contribution in [-0.4, -0.2) is 56.9 Å². The molecular formula is C23H27ClN2O5S. The number of carbonyl (C=O) groups is 1. The van der Waals surface area contributed by atoms with Gasteiger partial charge in [0.25, 0.3) is 5.91 Å². The molecular weight excluding hydrogens is 452 g/mol. The number of amides is 1. The summed E-state index contributed by atoms with van der Waals surface area (Å²) in [6.45, 7) is 2.29. The minimum absolute atomic E-state index is 0.0142. The first-order valence-electron chi connectivity index (χ1n) is 10.8. The molecule has 0 N–H and O–H groups in total. The van der Waals surface area contributed by atoms with Gasteiger partial charge in [0.2, 0.25) is 10.0 Å². The van der Waals surface area contributed by atoms with E-state index >= 15 is 0 Å². The van der Waals surface area contributed by atoms with Gasteiger partial charge in [-0.25, -0.2) is 8.42 Å². The Morgan fingerprint density at radius 1 is 1.00 bits per heavy atom. The van der Waals surface area contributed by atoms with E-state index in [4.69, 9.17) is 21.1 Å². The van der Waals surface area contributed by atoms with E-state index in [-0.39, 0.29) is 21.4 Å². The number of ether oxygens (including phenoxy) is 2. The Balaban J connectivity index is 1.54. The molecule has 1 amide bonds. The zero-order chi connectivity index (χ0) is 22.7. The molecule has 4 rings (SSSR count). The lowest BCUT2D eigenvalue weighted by Crippen LogP contribution is -2.32. The second-order valence-electron chi connectivity index (χ2n) is 8.10. The standard InChI is InChI=1S/C23H27ClN2O5S/c1-25(16-17-6-9-20-21(14-17)31-13-12-30-20)23(27)18-7-8-19(24)22(15-18)32(28,29)26-10-4-2-3-5-11-26/h6-9,14-15H,2-5,10-13,16H2,1H3. The van der Waals surface area contributed by atoms with E-state index in [9.17, 15) is 13.2 Å². The molecule has 1 fully saturated rings. The highest BCUT2D eigenvalue weighted by Crippen LogP contribution is 2.32. The van der Waals surface area contributed by atoms with E-state index in [0.29, 0.717) is 44.3 Å². The summed E-state index contributed by atoms with van der Waals surface area (Å²) in [6, 6.07) is 10.0. The van der Waals surface area contributed by atoms with Crippen molar-refractivity contribution in [2.75, 3.05) is 33.4 Å². The van der Waals surface area contributed by atoms with E-state index in [1.165, 1.54) is 21.3 Å². The molecule has 7 nitrogen and oxygen atoms in total. The number of hydrogen-bond acceptors (Lipinski definition) is 5. The van der Waals surface area contributed by atoms with Crippen LogP contribution in [-0.2, 0) is 16.6 Å². The van der Waals surface area contributed by atoms with Crippen molar-refractivity contribution in [2.24, 2.45) is 0 Å². The monoisotopic (exact) mass is 478 g/mol. The predicted molar refractivity (Wildman–Crippen MR) is 122 cm³/mol. The molecule has 2 heterocycles. The molecule has 0 aromatic heterocycles. The van der Waals surface area contributed by atoms with Crippen LogP contribution in [0.25, 0.3) is 0 Å². The fourth-order valence-electron chi connectivity index (χ4n) is 4.01. The second kappa shape index (κ2) is 9.68. The smallest absolute Gasteiger partial charge is 0.253 e. The molecule has 32 heavy (non-hydrogen) atoms. The van der Waals surface area contributed by atoms with Crippen LogP contribution in [0.5, 0.6) is 11.5 Å². The first-order valence-corrected chi connectivity index (χ1v) is 12.6. The van der Waals surface area contributed by atoms with Gasteiger partial charge in [0.1, 0.15) is 18.1 Å². The third kappa shape index (κ3) is 4.87. The van der Waals surface area contributed by atoms with E-state index in [1.54, 1.807) is 13.1 Å². The Morgan fingerprint density at radius 2 is 1.69 bits per heavy atom. The minimum atomic E-state index is -3.77. The van der Waals surface area contributed by atoms with Gasteiger partial charge >= 0.3 is 0 Å². The summed E-state index contributed by atoms with van der Waals surface area (Å²) in [6.07, 6.45) is 3.69. The van der Waals surface area contributed by atoms with Gasteiger partial charge in [0, 0.05) is 32.2 Å². The quantitative estimate of drug-likeness (QED) is 0.650. The fourth-order valence-corrected chi connectivity index (χ4v) is 6.02. The van der Waals surface area contributed by atoms with Crippen LogP contribution in [0, 0.1) is 0 Å². The van der Waals surface area contributed by atoms with E-state index in [2.05, 4.69) is 0 Å². The normalized spacial score (nSPS) is 16.9. The van der Waals surface area contributed by atoms with Gasteiger partial charge in [-0.1, -0.05) is 30.5 Å². The maximum Gasteiger partial charge on any atom is 0.253 e. The predicted octanol–water partition coefficient (Wildman–Crippen LogP) is 3.95. The first-order chi connectivity index (χ1) is 15.4. The Morgan fingerprint density at radius 3 is 2.41 bits per heavy atom. The van der Waals surface area contributed by atoms with E-state index in [0.717, 1.165) is 31.2 Å². The highest BCUT2D eigenvalue weighted by atomic mass is 35.5. The number of rotatable bonds is 5. The van der Waals surface area contributed by atoms with E-state index in [1.807, 2.05) is 18.2 Å². The highest BCUT2D eigenvalue weighted by molar-refractivity contribution is 7.89. The Labute approximate surface area is 193 Å². The molecule has 2 aliphatic rings. The molecule has 2 aromatic rings. The summed E-state index contributed by atoms with van der Waals surface area (Å²) in [5, 5.41) is 0.125. The lowest BCUT2D eigenvalue weighted by atomic mass is 10.1. The number of carbonyl (C=O) groups excluding carboxylic acids is 1. The number of sulfonamides is 1. The third-order valence-electron chi connectivity index (χ3n) is 5.73. The van der Waals surface area contributed by atoms with Crippen molar-refractivity contribution >= 4 is 27.5 Å². The third-order valence-corrected chi connectivity index (χ3v) is 8.11. The molecule has 2 aromatic carbocycles. The lowest BCUT2D eigenvalue weighted by molar-refractivity contribution is 0.0784. The van der Waals surface area contributed by atoms with Gasteiger partial charge in [-0.2, -0.15) is 4.31 Å². The van der Waals surface area contributed by atoms with Gasteiger partial charge in [0.05, 0.1) is 5.02 Å². The minimum Gasteiger partial charge on any atom is -0.486 e. The molecule has 0 bridgehead atoms. The van der Waals surface area contributed by atoms with Gasteiger partial charge in [-0.05, 0) is 48.7 Å². The molecule has 172 valence electrons. The topological polar surface area (TPSA) is 76.1 Å². The number of hydrogen-bond donors (Lipinski definition) is 0. The summed E-state index contributed by atoms with van der Waals surface area (Å²) in [5.74, 6) is 1.06. The average molecular weight is 479 g/mol. The van der Waals surface area contributed by atoms with Crippen LogP contribution in [0.2, 0.25) is 5.02 Å². The summed E-state index contributed by atoms with van der Waals surface area (Å²) < 4.78 is 39.1. The van der Waals surface area contributed by atoms with Crippen molar-refractivity contribution in [3.05, 3.63) is 52.5 Å². The van der Waals surface area contributed by atoms with Crippen molar-refractivity contribution in [3.8, 4) is 11.5 Å². The Kier molecular flexibility index (Phi) is 6.93. The van der Waals surface area contributed by atoms with Crippen LogP contribution < -0.4 is 9.47 Å². The average Bonchev–Trinajstić information content (AvgIpc) is 3.09. The second-order valence-corrected chi connectivity index (χ2v) is 10.4. The van der Waals surface area contributed by atoms with Crippen molar-refractivity contribution < 1.29 is 22.7 Å². The summed E-state index contributed by atoms with van der Waals surface area (Å²) in [5.41, 5.74) is 1.17. The molecule has 0 saturated carbocycles. The molecule has 9 heteroatoms. The van der Waals surface area contributed by atoms with Crippen molar-refractivity contribution in [1.29, 1.82) is 0 Å². The molecule has 0 atom stereocenters. The maximum atomic E-state index is 13.2. The van der Waals surface area contributed by atoms with Crippen LogP contribution in [0.3, 0.4) is 0 Å². The van der Waals surface area contributed by atoms with Gasteiger partial charge < -0.3 is 14.4 Å². The fraction of sp³-hybridized carbons (Fsp3) is 0.435. The van der Waals surface area contributed by atoms with Crippen molar-refractivity contribution in [2.45, 2.75) is 37.1 Å². The van der Waals surface area contributed by atoms with Gasteiger partial charge in [-0.3, -0.25) is 4.79 Å². The van der Waals surface area contributed by atoms with Crippen LogP contribution in [0.15, 0.2) is 41.3 Å². The van der Waals surface area contributed by atoms with Crippen LogP contribution >= 0.6 is 11.6 Å². The summed E-state index contributed by atoms with van der Waals surface area (Å²) in [4.78, 5) is 14.6. The van der Waals surface area contributed by atoms with Gasteiger partial charge in [-0.15, -0.1) is 0 Å². The number of halogens is 1. The molecule has 0 radical (unpaired) electrons. The van der Waals surface area contributed by atoms with Crippen molar-refractivity contribution in [1.82, 2.24) is 9.21 Å². The lowest BCUT2D eigenvalue weighted by Gasteiger charge is -2.22. The highest BCUT2D eigenvalue weighted by Gasteiger charge is 2.28. The maximum absolute atomic E-state index is 13.2. The van der Waals surface area contributed by atoms with E-state index < -0.39 is 10.0 Å². The SMILES string of the molecule is CN(Cc1ccc2c(c1)OCCO2)C(=O)c1ccc(Cl)c(S(=O)(=O)N2CCCCCC2)c1. The largest absolute Gasteiger partial charge is 0.486 e. The van der Waals surface area contributed by atoms with Crippen LogP contribution in [0.4, 0.5) is 0 Å². The number of nitrogens with zero attached hydrogens (tertiary/aromatic N) is 2. The molecule has 2 aliphatic heterocycles. The van der Waals surface area contributed by atoms with Gasteiger partial charge in [0.15, 0.2) is 11.5 Å². The molecule has 0 unspecified atom stereocenters. The molecule has 0 aliphatic carbocycles. The first kappa shape index (κ1) is 22.9. The summed E-state index contributed by atoms with van der Waals surface area (Å²) in [7, 11) is -2.09. The van der Waals surface area contributed by atoms with Crippen LogP contribution in [0.1, 0.15) is 41.6 Å². The summed E-state index contributed by atoms with van der Waals surface area (Å²) >= 11 is 6.27. The van der Waals surface area contributed by atoms with Crippen molar-refractivity contribution in [3.63, 3.8) is 0 Å². The number of benzene rings is 2. The molecule has 1 saturated heterocycles. The number of fused-ring (bicyclic) bond motifs is 1. The zero-order valence-corrected chi connectivity index (χ0v) is 19.6. The molecule has 0 spiro atoms. The Bertz CT molecular complexity index is 1100. The Hall–Kier alpha value is -2.29. The zero-order valence-electron chi connectivity index (χ0n) is 18.0.